The van der Waals surface area contributed by atoms with Crippen LogP contribution in [0.1, 0.15) is 11.1 Å². The van der Waals surface area contributed by atoms with Gasteiger partial charge in [0.05, 0.1) is 0 Å². The van der Waals surface area contributed by atoms with Crippen molar-refractivity contribution in [3.8, 4) is 0 Å². The minimum Gasteiger partial charge on any atom is -0.201 e. The zero-order valence-corrected chi connectivity index (χ0v) is 16.4. The second-order valence-corrected chi connectivity index (χ2v) is 8.74. The molecule has 25 heavy (non-hydrogen) atoms. The smallest absolute Gasteiger partial charge is 0.173 e. The Morgan fingerprint density at radius 1 is 0.920 bits per heavy atom. The second-order valence-electron chi connectivity index (χ2n) is 5.89. The van der Waals surface area contributed by atoms with Crippen LogP contribution in [0.3, 0.4) is 0 Å². The molecule has 3 heteroatoms. The highest BCUT2D eigenvalue weighted by Crippen LogP contribution is 2.35. The average molecular weight is 364 g/mol. The Labute approximate surface area is 156 Å². The van der Waals surface area contributed by atoms with E-state index in [0.717, 1.165) is 6.54 Å². The van der Waals surface area contributed by atoms with E-state index in [4.69, 9.17) is 0 Å². The summed E-state index contributed by atoms with van der Waals surface area (Å²) >= 11 is 1.83. The van der Waals surface area contributed by atoms with Crippen LogP contribution in [0.4, 0.5) is 0 Å². The first-order valence-electron chi connectivity index (χ1n) is 8.33. The Hall–Kier alpha value is -1.89. The fourth-order valence-corrected chi connectivity index (χ4v) is 5.18. The van der Waals surface area contributed by atoms with Gasteiger partial charge in [0, 0.05) is 22.6 Å². The molecule has 3 aromatic rings. The van der Waals surface area contributed by atoms with Crippen LogP contribution >= 0.6 is 19.7 Å². The lowest BCUT2D eigenvalue weighted by Gasteiger charge is -2.11. The monoisotopic (exact) mass is 364 g/mol. The van der Waals surface area contributed by atoms with E-state index in [0.29, 0.717) is 0 Å². The molecule has 0 saturated heterocycles. The second kappa shape index (κ2) is 8.99. The van der Waals surface area contributed by atoms with Crippen LogP contribution < -0.4 is 9.87 Å². The molecule has 2 aromatic carbocycles. The number of nitrogens with zero attached hydrogens (tertiary/aromatic N) is 1. The van der Waals surface area contributed by atoms with Crippen molar-refractivity contribution in [1.29, 1.82) is 0 Å². The molecular formula is C22H23NPS+. The largest absolute Gasteiger partial charge is 0.201 e. The highest BCUT2D eigenvalue weighted by Gasteiger charge is 2.06. The lowest BCUT2D eigenvalue weighted by atomic mass is 10.2. The summed E-state index contributed by atoms with van der Waals surface area (Å²) in [5.41, 5.74) is 2.57. The number of benzene rings is 2. The van der Waals surface area contributed by atoms with Crippen molar-refractivity contribution in [3.05, 3.63) is 96.1 Å². The maximum Gasteiger partial charge on any atom is 0.173 e. The molecular weight excluding hydrogens is 341 g/mol. The summed E-state index contributed by atoms with van der Waals surface area (Å²) in [6, 6.07) is 23.6. The summed E-state index contributed by atoms with van der Waals surface area (Å²) in [5.74, 6) is 2.35. The zero-order chi connectivity index (χ0) is 17.5. The van der Waals surface area contributed by atoms with Crippen molar-refractivity contribution in [3.63, 3.8) is 0 Å². The molecule has 126 valence electrons. The van der Waals surface area contributed by atoms with Gasteiger partial charge in [0.2, 0.25) is 0 Å². The summed E-state index contributed by atoms with van der Waals surface area (Å²) in [4.78, 5) is 1.38. The van der Waals surface area contributed by atoms with Gasteiger partial charge in [-0.15, -0.1) is 11.8 Å². The highest BCUT2D eigenvalue weighted by atomic mass is 32.2. The van der Waals surface area contributed by atoms with Crippen LogP contribution in [0.5, 0.6) is 0 Å². The molecule has 0 aliphatic rings. The molecule has 1 heterocycles. The average Bonchev–Trinajstić information content (AvgIpc) is 2.68. The minimum atomic E-state index is -0.282. The Balaban J connectivity index is 1.67. The summed E-state index contributed by atoms with van der Waals surface area (Å²) in [5, 5.41) is 1.45. The van der Waals surface area contributed by atoms with E-state index < -0.39 is 0 Å². The third-order valence-electron chi connectivity index (χ3n) is 4.08. The van der Waals surface area contributed by atoms with Crippen molar-refractivity contribution >= 4 is 31.1 Å². The number of hydrogen-bond donors (Lipinski definition) is 0. The van der Waals surface area contributed by atoms with Gasteiger partial charge in [-0.2, -0.15) is 0 Å². The van der Waals surface area contributed by atoms with E-state index in [1.807, 2.05) is 11.8 Å². The summed E-state index contributed by atoms with van der Waals surface area (Å²) in [7, 11) is -0.282. The van der Waals surface area contributed by atoms with Gasteiger partial charge in [0.25, 0.3) is 0 Å². The van der Waals surface area contributed by atoms with Gasteiger partial charge in [-0.1, -0.05) is 68.3 Å². The predicted octanol–water partition coefficient (Wildman–Crippen LogP) is 5.15. The lowest BCUT2D eigenvalue weighted by molar-refractivity contribution is -0.688. The fraction of sp³-hybridized carbons (Fsp3) is 0.136. The van der Waals surface area contributed by atoms with Crippen molar-refractivity contribution in [2.75, 3.05) is 12.9 Å². The lowest BCUT2D eigenvalue weighted by Crippen LogP contribution is -2.32. The maximum atomic E-state index is 2.35. The van der Waals surface area contributed by atoms with Gasteiger partial charge < -0.3 is 0 Å². The first-order valence-corrected chi connectivity index (χ1v) is 11.4. The van der Waals surface area contributed by atoms with E-state index >= 15 is 0 Å². The third kappa shape index (κ3) is 5.04. The molecule has 1 atom stereocenters. The molecule has 1 aromatic heterocycles. The molecule has 0 aliphatic carbocycles. The van der Waals surface area contributed by atoms with Crippen molar-refractivity contribution in [2.24, 2.45) is 0 Å². The molecule has 1 unspecified atom stereocenters. The first kappa shape index (κ1) is 17.9. The minimum absolute atomic E-state index is 0.282. The third-order valence-corrected chi connectivity index (χ3v) is 6.77. The zero-order valence-electron chi connectivity index (χ0n) is 14.7. The highest BCUT2D eigenvalue weighted by molar-refractivity contribution is 7.99. The molecule has 0 saturated carbocycles. The number of aromatic nitrogens is 1. The number of hydrogen-bond acceptors (Lipinski definition) is 1. The number of thioether (sulfide) groups is 1. The van der Waals surface area contributed by atoms with Gasteiger partial charge in [0.1, 0.15) is 0 Å². The Morgan fingerprint density at radius 2 is 1.60 bits per heavy atom. The van der Waals surface area contributed by atoms with E-state index in [-0.39, 0.29) is 7.92 Å². The first-order chi connectivity index (χ1) is 12.3. The van der Waals surface area contributed by atoms with E-state index in [9.17, 15) is 0 Å². The van der Waals surface area contributed by atoms with Crippen LogP contribution in [-0.4, -0.2) is 12.9 Å². The Kier molecular flexibility index (Phi) is 6.44. The molecule has 0 fully saturated rings. The standard InChI is InChI=1S/C22H23NPS/c1-24(21-10-6-7-11-22(21)25-2)17-14-19-12-15-23(16-13-19)18-20-8-4-3-5-9-20/h3-17H,18H2,1-2H3/q+1/b17-14-. The van der Waals surface area contributed by atoms with Crippen LogP contribution in [0, 0.1) is 0 Å². The van der Waals surface area contributed by atoms with Gasteiger partial charge in [-0.05, 0) is 29.9 Å². The molecule has 0 spiro atoms. The molecule has 1 nitrogen and oxygen atoms in total. The fourth-order valence-electron chi connectivity index (χ4n) is 2.68. The van der Waals surface area contributed by atoms with E-state index in [2.05, 4.69) is 109 Å². The topological polar surface area (TPSA) is 3.88 Å². The van der Waals surface area contributed by atoms with E-state index in [1.165, 1.54) is 21.3 Å². The Morgan fingerprint density at radius 3 is 2.32 bits per heavy atom. The molecule has 0 radical (unpaired) electrons. The molecule has 0 aliphatic heterocycles. The summed E-state index contributed by atoms with van der Waals surface area (Å²) in [6.07, 6.45) is 8.70. The molecule has 0 N–H and O–H groups in total. The van der Waals surface area contributed by atoms with Crippen LogP contribution in [-0.2, 0) is 6.54 Å². The summed E-state index contributed by atoms with van der Waals surface area (Å²) in [6.45, 7) is 3.23. The molecule has 0 amide bonds. The molecule has 0 bridgehead atoms. The number of pyridine rings is 1. The molecule has 3 rings (SSSR count). The SMILES string of the molecule is CSc1ccccc1P(C)/C=C\c1cc[n+](Cc2ccccc2)cc1. The van der Waals surface area contributed by atoms with Gasteiger partial charge >= 0.3 is 0 Å². The van der Waals surface area contributed by atoms with Crippen LogP contribution in [0.2, 0.25) is 0 Å². The van der Waals surface area contributed by atoms with Gasteiger partial charge in [-0.3, -0.25) is 0 Å². The number of rotatable bonds is 6. The van der Waals surface area contributed by atoms with Crippen LogP contribution in [0.25, 0.3) is 6.08 Å². The van der Waals surface area contributed by atoms with E-state index in [1.54, 1.807) is 0 Å². The van der Waals surface area contributed by atoms with Gasteiger partial charge in [0.15, 0.2) is 18.9 Å². The Bertz CT molecular complexity index is 828. The van der Waals surface area contributed by atoms with Crippen molar-refractivity contribution < 1.29 is 4.57 Å². The van der Waals surface area contributed by atoms with Crippen molar-refractivity contribution in [1.82, 2.24) is 0 Å². The van der Waals surface area contributed by atoms with Crippen LogP contribution in [0.15, 0.2) is 89.8 Å². The summed E-state index contributed by atoms with van der Waals surface area (Å²) < 4.78 is 2.21. The van der Waals surface area contributed by atoms with Crippen molar-refractivity contribution in [2.45, 2.75) is 11.4 Å². The maximum absolute atomic E-state index is 2.35. The quantitative estimate of drug-likeness (QED) is 0.332. The normalized spacial score (nSPS) is 12.4. The predicted molar refractivity (Wildman–Crippen MR) is 112 cm³/mol. The van der Waals surface area contributed by atoms with Gasteiger partial charge in [-0.25, -0.2) is 4.57 Å².